The molecule has 0 bridgehead atoms. The van der Waals surface area contributed by atoms with Crippen molar-refractivity contribution < 1.29 is 27.9 Å². The van der Waals surface area contributed by atoms with E-state index in [1.54, 1.807) is 30.3 Å². The summed E-state index contributed by atoms with van der Waals surface area (Å²) >= 11 is 0. The van der Waals surface area contributed by atoms with Crippen molar-refractivity contribution in [2.45, 2.75) is 6.42 Å². The number of nitrogens with one attached hydrogen (secondary N) is 1. The first-order chi connectivity index (χ1) is 10.9. The van der Waals surface area contributed by atoms with Crippen LogP contribution in [0.5, 0.6) is 0 Å². The molecule has 1 rings (SSSR count). The molecular weight excluding hydrogens is 324 g/mol. The smallest absolute Gasteiger partial charge is 0.323 e. The van der Waals surface area contributed by atoms with Crippen molar-refractivity contribution in [2.75, 3.05) is 37.5 Å². The van der Waals surface area contributed by atoms with Crippen LogP contribution in [0.2, 0.25) is 0 Å². The molecule has 0 radical (unpaired) electrons. The topological polar surface area (TPSA) is 113 Å². The molecule has 0 unspecified atom stereocenters. The Bertz CT molecular complexity index is 617. The van der Waals surface area contributed by atoms with Crippen molar-refractivity contribution in [1.29, 1.82) is 0 Å². The van der Waals surface area contributed by atoms with Crippen LogP contribution in [0, 0.1) is 0 Å². The molecular formula is C14H20N2O6S. The second-order valence-electron chi connectivity index (χ2n) is 4.70. The predicted octanol–water partition coefficient (Wildman–Crippen LogP) is 0.0601. The molecule has 128 valence electrons. The second-order valence-corrected chi connectivity index (χ2v) is 6.62. The normalized spacial score (nSPS) is 11.2. The van der Waals surface area contributed by atoms with Crippen LogP contribution in [-0.4, -0.2) is 58.0 Å². The van der Waals surface area contributed by atoms with Crippen molar-refractivity contribution in [3.05, 3.63) is 30.3 Å². The Labute approximate surface area is 135 Å². The standard InChI is InChI=1S/C14H20N2O6S/c1-22-8-5-9-23(20,21)15-10-13(17)16(11-14(18)19)12-6-3-2-4-7-12/h2-4,6-7,15H,5,8-11H2,1H3,(H,18,19). The minimum absolute atomic E-state index is 0.168. The molecule has 1 aromatic carbocycles. The molecule has 8 nitrogen and oxygen atoms in total. The lowest BCUT2D eigenvalue weighted by Gasteiger charge is -2.21. The van der Waals surface area contributed by atoms with Crippen molar-refractivity contribution in [3.8, 4) is 0 Å². The van der Waals surface area contributed by atoms with Crippen molar-refractivity contribution in [3.63, 3.8) is 0 Å². The third-order valence-corrected chi connectivity index (χ3v) is 4.28. The number of rotatable bonds is 10. The molecule has 0 aliphatic carbocycles. The number of nitrogens with zero attached hydrogens (tertiary/aromatic N) is 1. The maximum absolute atomic E-state index is 12.2. The summed E-state index contributed by atoms with van der Waals surface area (Å²) in [7, 11) is -2.15. The summed E-state index contributed by atoms with van der Waals surface area (Å²) in [6.45, 7) is -0.754. The Morgan fingerprint density at radius 3 is 2.48 bits per heavy atom. The number of hydrogen-bond donors (Lipinski definition) is 2. The molecule has 9 heteroatoms. The number of carboxylic acids is 1. The van der Waals surface area contributed by atoms with E-state index in [0.29, 0.717) is 18.7 Å². The van der Waals surface area contributed by atoms with Crippen molar-refractivity contribution >= 4 is 27.6 Å². The molecule has 23 heavy (non-hydrogen) atoms. The molecule has 0 spiro atoms. The van der Waals surface area contributed by atoms with Crippen LogP contribution in [0.4, 0.5) is 5.69 Å². The highest BCUT2D eigenvalue weighted by atomic mass is 32.2. The van der Waals surface area contributed by atoms with E-state index in [0.717, 1.165) is 4.90 Å². The lowest BCUT2D eigenvalue weighted by molar-refractivity contribution is -0.136. The predicted molar refractivity (Wildman–Crippen MR) is 84.7 cm³/mol. The zero-order chi connectivity index (χ0) is 17.3. The summed E-state index contributed by atoms with van der Waals surface area (Å²) in [4.78, 5) is 24.1. The summed E-state index contributed by atoms with van der Waals surface area (Å²) in [5.41, 5.74) is 0.387. The molecule has 0 saturated heterocycles. The highest BCUT2D eigenvalue weighted by molar-refractivity contribution is 7.89. The van der Waals surface area contributed by atoms with Gasteiger partial charge in [0, 0.05) is 19.4 Å². The van der Waals surface area contributed by atoms with Gasteiger partial charge in [-0.05, 0) is 18.6 Å². The van der Waals surface area contributed by atoms with Gasteiger partial charge in [-0.15, -0.1) is 0 Å². The van der Waals surface area contributed by atoms with E-state index in [-0.39, 0.29) is 5.75 Å². The number of carboxylic acid groups (broad SMARTS) is 1. The molecule has 1 amide bonds. The minimum atomic E-state index is -3.62. The van der Waals surface area contributed by atoms with E-state index >= 15 is 0 Å². The SMILES string of the molecule is COCCCS(=O)(=O)NCC(=O)N(CC(=O)O)c1ccccc1. The maximum atomic E-state index is 12.2. The van der Waals surface area contributed by atoms with Crippen LogP contribution in [0.1, 0.15) is 6.42 Å². The Hall–Kier alpha value is -1.97. The number of benzene rings is 1. The first-order valence-electron chi connectivity index (χ1n) is 6.89. The van der Waals surface area contributed by atoms with Gasteiger partial charge in [0.2, 0.25) is 15.9 Å². The molecule has 0 fully saturated rings. The lowest BCUT2D eigenvalue weighted by Crippen LogP contribution is -2.43. The maximum Gasteiger partial charge on any atom is 0.323 e. The summed E-state index contributed by atoms with van der Waals surface area (Å²) in [6.07, 6.45) is 0.303. The number of ether oxygens (including phenoxy) is 1. The molecule has 0 saturated carbocycles. The quantitative estimate of drug-likeness (QED) is 0.580. The first-order valence-corrected chi connectivity index (χ1v) is 8.54. The van der Waals surface area contributed by atoms with Crippen LogP contribution in [-0.2, 0) is 24.3 Å². The van der Waals surface area contributed by atoms with Crippen LogP contribution in [0.15, 0.2) is 30.3 Å². The number of para-hydroxylation sites is 1. The van der Waals surface area contributed by atoms with E-state index in [9.17, 15) is 18.0 Å². The number of carbonyl (C=O) groups is 2. The monoisotopic (exact) mass is 344 g/mol. The average Bonchev–Trinajstić information content (AvgIpc) is 2.51. The molecule has 0 aliphatic rings. The fraction of sp³-hybridized carbons (Fsp3) is 0.429. The summed E-state index contributed by atoms with van der Waals surface area (Å²) in [5.74, 6) is -2.00. The molecule has 2 N–H and O–H groups in total. The van der Waals surface area contributed by atoms with Gasteiger partial charge in [-0.2, -0.15) is 0 Å². The van der Waals surface area contributed by atoms with Gasteiger partial charge in [0.15, 0.2) is 0 Å². The van der Waals surface area contributed by atoms with E-state index in [1.165, 1.54) is 7.11 Å². The van der Waals surface area contributed by atoms with Gasteiger partial charge in [0.05, 0.1) is 12.3 Å². The largest absolute Gasteiger partial charge is 0.480 e. The van der Waals surface area contributed by atoms with Gasteiger partial charge in [-0.1, -0.05) is 18.2 Å². The number of amides is 1. The van der Waals surface area contributed by atoms with Crippen LogP contribution < -0.4 is 9.62 Å². The van der Waals surface area contributed by atoms with Gasteiger partial charge >= 0.3 is 5.97 Å². The van der Waals surface area contributed by atoms with Crippen LogP contribution >= 0.6 is 0 Å². The second kappa shape index (κ2) is 9.23. The Balaban J connectivity index is 2.69. The van der Waals surface area contributed by atoms with Gasteiger partial charge < -0.3 is 14.7 Å². The van der Waals surface area contributed by atoms with E-state index in [1.807, 2.05) is 0 Å². The Morgan fingerprint density at radius 1 is 1.26 bits per heavy atom. The number of methoxy groups -OCH3 is 1. The number of sulfonamides is 1. The van der Waals surface area contributed by atoms with Crippen molar-refractivity contribution in [1.82, 2.24) is 4.72 Å². The van der Waals surface area contributed by atoms with E-state index in [2.05, 4.69) is 4.72 Å². The minimum Gasteiger partial charge on any atom is -0.480 e. The number of carbonyl (C=O) groups excluding carboxylic acids is 1. The molecule has 0 atom stereocenters. The zero-order valence-electron chi connectivity index (χ0n) is 12.8. The fourth-order valence-corrected chi connectivity index (χ4v) is 2.78. The lowest BCUT2D eigenvalue weighted by atomic mass is 10.3. The summed E-state index contributed by atoms with van der Waals surface area (Å²) < 4.78 is 30.4. The zero-order valence-corrected chi connectivity index (χ0v) is 13.6. The highest BCUT2D eigenvalue weighted by Crippen LogP contribution is 2.13. The van der Waals surface area contributed by atoms with Gasteiger partial charge in [-0.3, -0.25) is 9.59 Å². The summed E-state index contributed by atoms with van der Waals surface area (Å²) in [6, 6.07) is 8.20. The van der Waals surface area contributed by atoms with Gasteiger partial charge in [-0.25, -0.2) is 13.1 Å². The van der Waals surface area contributed by atoms with Gasteiger partial charge in [0.1, 0.15) is 6.54 Å². The van der Waals surface area contributed by atoms with E-state index in [4.69, 9.17) is 9.84 Å². The molecule has 0 aromatic heterocycles. The van der Waals surface area contributed by atoms with Crippen molar-refractivity contribution in [2.24, 2.45) is 0 Å². The molecule has 0 aliphatic heterocycles. The average molecular weight is 344 g/mol. The summed E-state index contributed by atoms with van der Waals surface area (Å²) in [5, 5.41) is 8.92. The number of hydrogen-bond acceptors (Lipinski definition) is 5. The van der Waals surface area contributed by atoms with Crippen LogP contribution in [0.25, 0.3) is 0 Å². The highest BCUT2D eigenvalue weighted by Gasteiger charge is 2.20. The third kappa shape index (κ3) is 7.22. The number of aliphatic carboxylic acids is 1. The first kappa shape index (κ1) is 19.1. The Kier molecular flexibility index (Phi) is 7.66. The molecule has 1 aromatic rings. The van der Waals surface area contributed by atoms with Gasteiger partial charge in [0.25, 0.3) is 0 Å². The van der Waals surface area contributed by atoms with E-state index < -0.39 is 35.0 Å². The Morgan fingerprint density at radius 2 is 1.91 bits per heavy atom. The molecule has 0 heterocycles. The number of anilines is 1. The fourth-order valence-electron chi connectivity index (χ4n) is 1.80. The van der Waals surface area contributed by atoms with Crippen LogP contribution in [0.3, 0.4) is 0 Å². The third-order valence-electron chi connectivity index (χ3n) is 2.87.